The Bertz CT molecular complexity index is 1270. The van der Waals surface area contributed by atoms with Crippen LogP contribution in [0.25, 0.3) is 0 Å². The fraction of sp³-hybridized carbons (Fsp3) is 0.364. The molecule has 1 aliphatic heterocycles. The average molecular weight is 501 g/mol. The van der Waals surface area contributed by atoms with Gasteiger partial charge in [-0.3, -0.25) is 10.1 Å². The fourth-order valence-corrected chi connectivity index (χ4v) is 4.56. The van der Waals surface area contributed by atoms with Crippen LogP contribution in [0.2, 0.25) is 0 Å². The number of benzene rings is 1. The smallest absolute Gasteiger partial charge is 0.395 e. The van der Waals surface area contributed by atoms with Crippen LogP contribution in [0.5, 0.6) is 11.5 Å². The van der Waals surface area contributed by atoms with Crippen molar-refractivity contribution in [2.75, 3.05) is 0 Å². The second kappa shape index (κ2) is 7.85. The van der Waals surface area contributed by atoms with E-state index in [4.69, 9.17) is 4.74 Å². The molecule has 35 heavy (non-hydrogen) atoms. The molecule has 5 rings (SSSR count). The number of aliphatic hydroxyl groups excluding tert-OH is 1. The van der Waals surface area contributed by atoms with Gasteiger partial charge in [-0.15, -0.1) is 8.78 Å². The van der Waals surface area contributed by atoms with Crippen molar-refractivity contribution in [1.82, 2.24) is 15.2 Å². The van der Waals surface area contributed by atoms with E-state index in [1.165, 1.54) is 31.5 Å². The number of alkyl halides is 5. The largest absolute Gasteiger partial charge is 0.586 e. The summed E-state index contributed by atoms with van der Waals surface area (Å²) in [6, 6.07) is 4.63. The molecule has 13 heteroatoms. The maximum atomic E-state index is 14.9. The number of aliphatic hydroxyl groups is 1. The van der Waals surface area contributed by atoms with Crippen molar-refractivity contribution in [1.29, 1.82) is 0 Å². The summed E-state index contributed by atoms with van der Waals surface area (Å²) in [5.41, 5.74) is -3.83. The highest BCUT2D eigenvalue weighted by Gasteiger charge is 2.52. The third-order valence-corrected chi connectivity index (χ3v) is 6.03. The summed E-state index contributed by atoms with van der Waals surface area (Å²) in [5.74, 6) is -1.96. The SMILES string of the molecule is CC(OC1(c2cccnc2)CCC(O)c2[nH]nc(C(F)(F)F)c21)c1cc2c(cc1F)OC(F)(F)O2. The van der Waals surface area contributed by atoms with Crippen molar-refractivity contribution in [3.63, 3.8) is 0 Å². The summed E-state index contributed by atoms with van der Waals surface area (Å²) in [6.07, 6.45) is -8.86. The van der Waals surface area contributed by atoms with Crippen molar-refractivity contribution < 1.29 is 45.7 Å². The zero-order chi connectivity index (χ0) is 25.2. The molecule has 1 aliphatic carbocycles. The third kappa shape index (κ3) is 3.88. The molecule has 0 bridgehead atoms. The molecule has 0 fully saturated rings. The Morgan fingerprint density at radius 3 is 2.60 bits per heavy atom. The number of nitrogens with zero attached hydrogens (tertiary/aromatic N) is 2. The monoisotopic (exact) mass is 501 g/mol. The minimum Gasteiger partial charge on any atom is -0.395 e. The lowest BCUT2D eigenvalue weighted by Gasteiger charge is -2.41. The summed E-state index contributed by atoms with van der Waals surface area (Å²) in [6.45, 7) is 1.36. The minimum absolute atomic E-state index is 0.00997. The predicted molar refractivity (Wildman–Crippen MR) is 105 cm³/mol. The van der Waals surface area contributed by atoms with Crippen LogP contribution in [-0.2, 0) is 16.5 Å². The minimum atomic E-state index is -4.91. The Kier molecular flexibility index (Phi) is 5.25. The Morgan fingerprint density at radius 2 is 1.94 bits per heavy atom. The number of aromatic nitrogens is 3. The van der Waals surface area contributed by atoms with Gasteiger partial charge in [-0.1, -0.05) is 6.07 Å². The maximum absolute atomic E-state index is 14.9. The highest BCUT2D eigenvalue weighted by molar-refractivity contribution is 5.48. The van der Waals surface area contributed by atoms with Crippen LogP contribution >= 0.6 is 0 Å². The van der Waals surface area contributed by atoms with Gasteiger partial charge in [-0.25, -0.2) is 4.39 Å². The molecule has 3 heterocycles. The van der Waals surface area contributed by atoms with E-state index in [9.17, 15) is 31.4 Å². The summed E-state index contributed by atoms with van der Waals surface area (Å²) in [7, 11) is 0. The molecule has 0 saturated heterocycles. The third-order valence-electron chi connectivity index (χ3n) is 6.03. The van der Waals surface area contributed by atoms with E-state index in [0.29, 0.717) is 6.07 Å². The van der Waals surface area contributed by atoms with Gasteiger partial charge in [0.05, 0.1) is 17.9 Å². The molecule has 0 saturated carbocycles. The molecule has 0 radical (unpaired) electrons. The van der Waals surface area contributed by atoms with Gasteiger partial charge in [0, 0.05) is 35.2 Å². The van der Waals surface area contributed by atoms with E-state index < -0.39 is 58.9 Å². The molecular formula is C22H17F6N3O4. The van der Waals surface area contributed by atoms with Crippen molar-refractivity contribution in [2.24, 2.45) is 0 Å². The number of H-pyrrole nitrogens is 1. The van der Waals surface area contributed by atoms with E-state index >= 15 is 0 Å². The molecule has 2 N–H and O–H groups in total. The van der Waals surface area contributed by atoms with Crippen LogP contribution in [0.3, 0.4) is 0 Å². The van der Waals surface area contributed by atoms with E-state index in [0.717, 1.165) is 6.07 Å². The van der Waals surface area contributed by atoms with Gasteiger partial charge in [0.15, 0.2) is 17.2 Å². The molecule has 2 aromatic heterocycles. The van der Waals surface area contributed by atoms with Gasteiger partial charge in [0.1, 0.15) is 11.4 Å². The zero-order valence-corrected chi connectivity index (χ0v) is 17.9. The van der Waals surface area contributed by atoms with Gasteiger partial charge in [0.25, 0.3) is 0 Å². The van der Waals surface area contributed by atoms with Crippen molar-refractivity contribution in [3.8, 4) is 11.5 Å². The molecule has 186 valence electrons. The lowest BCUT2D eigenvalue weighted by atomic mass is 9.75. The Labute approximate surface area is 193 Å². The Morgan fingerprint density at radius 1 is 1.23 bits per heavy atom. The molecule has 3 atom stereocenters. The quantitative estimate of drug-likeness (QED) is 0.482. The van der Waals surface area contributed by atoms with Crippen LogP contribution in [-0.4, -0.2) is 26.6 Å². The zero-order valence-electron chi connectivity index (χ0n) is 17.9. The van der Waals surface area contributed by atoms with Crippen LogP contribution in [0.1, 0.15) is 60.1 Å². The summed E-state index contributed by atoms with van der Waals surface area (Å²) in [5, 5.41) is 16.1. The summed E-state index contributed by atoms with van der Waals surface area (Å²) >= 11 is 0. The average Bonchev–Trinajstić information content (AvgIpc) is 3.36. The highest BCUT2D eigenvalue weighted by atomic mass is 19.4. The first-order chi connectivity index (χ1) is 16.4. The number of rotatable bonds is 4. The first-order valence-corrected chi connectivity index (χ1v) is 10.4. The van der Waals surface area contributed by atoms with E-state index in [1.54, 1.807) is 0 Å². The summed E-state index contributed by atoms with van der Waals surface area (Å²) in [4.78, 5) is 3.99. The molecule has 7 nitrogen and oxygen atoms in total. The molecule has 3 aromatic rings. The normalized spacial score (nSPS) is 23.7. The van der Waals surface area contributed by atoms with Gasteiger partial charge in [0.2, 0.25) is 0 Å². The molecule has 3 unspecified atom stereocenters. The standard InChI is InChI=1S/C22H17F6N3O4/c1-10(12-7-15-16(8-13(12)23)35-22(27,28)34-15)33-20(11-3-2-6-29-9-11)5-4-14(32)18-17(20)19(31-30-18)21(24,25)26/h2-3,6-10,14,32H,4-5H2,1H3,(H,30,31). The number of nitrogens with one attached hydrogen (secondary N) is 1. The van der Waals surface area contributed by atoms with Crippen molar-refractivity contribution in [3.05, 3.63) is 70.6 Å². The number of aromatic amines is 1. The number of hydrogen-bond donors (Lipinski definition) is 2. The first kappa shape index (κ1) is 23.4. The second-order valence-corrected chi connectivity index (χ2v) is 8.23. The predicted octanol–water partition coefficient (Wildman–Crippen LogP) is 5.13. The molecule has 2 aliphatic rings. The summed E-state index contributed by atoms with van der Waals surface area (Å²) < 4.78 is 98.4. The topological polar surface area (TPSA) is 89.5 Å². The van der Waals surface area contributed by atoms with E-state index in [1.807, 2.05) is 0 Å². The first-order valence-electron chi connectivity index (χ1n) is 10.4. The number of halogens is 6. The molecule has 1 aromatic carbocycles. The van der Waals surface area contributed by atoms with Gasteiger partial charge >= 0.3 is 12.5 Å². The van der Waals surface area contributed by atoms with Crippen molar-refractivity contribution in [2.45, 2.75) is 50.0 Å². The van der Waals surface area contributed by atoms with E-state index in [-0.39, 0.29) is 29.7 Å². The molecule has 0 spiro atoms. The Hall–Kier alpha value is -3.32. The molecule has 0 amide bonds. The molecular weight excluding hydrogens is 484 g/mol. The number of hydrogen-bond acceptors (Lipinski definition) is 6. The fourth-order valence-electron chi connectivity index (χ4n) is 4.56. The number of pyridine rings is 1. The van der Waals surface area contributed by atoms with Crippen molar-refractivity contribution >= 4 is 0 Å². The van der Waals surface area contributed by atoms with Crippen LogP contribution < -0.4 is 9.47 Å². The van der Waals surface area contributed by atoms with E-state index in [2.05, 4.69) is 24.7 Å². The van der Waals surface area contributed by atoms with Gasteiger partial charge in [-0.05, 0) is 31.9 Å². The lowest BCUT2D eigenvalue weighted by Crippen LogP contribution is -2.39. The van der Waals surface area contributed by atoms with Crippen LogP contribution in [0.4, 0.5) is 26.3 Å². The van der Waals surface area contributed by atoms with Crippen LogP contribution in [0, 0.1) is 5.82 Å². The van der Waals surface area contributed by atoms with Crippen LogP contribution in [0.15, 0.2) is 36.7 Å². The lowest BCUT2D eigenvalue weighted by molar-refractivity contribution is -0.286. The maximum Gasteiger partial charge on any atom is 0.586 e. The Balaban J connectivity index is 1.64. The highest BCUT2D eigenvalue weighted by Crippen LogP contribution is 2.53. The van der Waals surface area contributed by atoms with Gasteiger partial charge in [-0.2, -0.15) is 18.3 Å². The number of ether oxygens (including phenoxy) is 3. The number of fused-ring (bicyclic) bond motifs is 2. The second-order valence-electron chi connectivity index (χ2n) is 8.23. The van der Waals surface area contributed by atoms with Gasteiger partial charge < -0.3 is 19.3 Å².